The van der Waals surface area contributed by atoms with Gasteiger partial charge in [0.25, 0.3) is 0 Å². The number of hydrogen-bond donors (Lipinski definition) is 3. The number of esters is 4. The first-order valence-electron chi connectivity index (χ1n) is 36.0. The Hall–Kier alpha value is -1.94. The summed E-state index contributed by atoms with van der Waals surface area (Å²) in [6, 6.07) is 0. The van der Waals surface area contributed by atoms with Crippen LogP contribution in [0.1, 0.15) is 350 Å². The molecule has 0 aromatic rings. The predicted octanol–water partition coefficient (Wildman–Crippen LogP) is 19.6. The van der Waals surface area contributed by atoms with Crippen LogP contribution in [0, 0.1) is 11.8 Å². The standard InChI is InChI=1S/C69H134O17P2/c1-7-10-12-14-15-16-17-19-23-30-35-41-47-53-68(73)85-64(57-79-66(71)51-45-37-13-11-8-2)59-83-87(75,76)81-55-63(70)56-82-88(77,78)84-60-65(58-80-67(72)52-46-40-34-29-26-25-28-33-39-44-50-62(6)9-3)86-69(74)54-48-42-36-31-24-21-18-20-22-27-32-38-43-49-61(4)5/h61-65,70H,7-60H2,1-6H3,(H,75,76)(H,77,78)/t62?,63-,64+,65+/m0/s1. The van der Waals surface area contributed by atoms with Crippen molar-refractivity contribution < 1.29 is 80.2 Å². The average Bonchev–Trinajstić information content (AvgIpc) is 3.55. The smallest absolute Gasteiger partial charge is 0.462 e. The molecule has 0 saturated carbocycles. The highest BCUT2D eigenvalue weighted by Gasteiger charge is 2.30. The van der Waals surface area contributed by atoms with Crippen LogP contribution in [0.2, 0.25) is 0 Å². The van der Waals surface area contributed by atoms with Crippen molar-refractivity contribution in [1.82, 2.24) is 0 Å². The summed E-state index contributed by atoms with van der Waals surface area (Å²) >= 11 is 0. The van der Waals surface area contributed by atoms with Crippen molar-refractivity contribution >= 4 is 39.5 Å². The van der Waals surface area contributed by atoms with Crippen LogP contribution in [-0.4, -0.2) is 96.7 Å². The summed E-state index contributed by atoms with van der Waals surface area (Å²) in [6.07, 6.45) is 46.0. The van der Waals surface area contributed by atoms with Crippen LogP contribution in [0.5, 0.6) is 0 Å². The molecule has 0 bridgehead atoms. The number of hydrogen-bond acceptors (Lipinski definition) is 15. The SMILES string of the molecule is CCCCCCCCCCCCCCCC(=O)O[C@H](COC(=O)CCCCCCC)COP(=O)(O)OC[C@H](O)COP(=O)(O)OC[C@@H](COC(=O)CCCCCCCCCCCCC(C)CC)OC(=O)CCCCCCCCCCCCCCCC(C)C. The molecule has 0 heterocycles. The molecule has 0 radical (unpaired) electrons. The van der Waals surface area contributed by atoms with Crippen molar-refractivity contribution in [2.24, 2.45) is 11.8 Å². The van der Waals surface area contributed by atoms with Gasteiger partial charge in [-0.05, 0) is 37.5 Å². The van der Waals surface area contributed by atoms with Gasteiger partial charge in [-0.1, -0.05) is 298 Å². The summed E-state index contributed by atoms with van der Waals surface area (Å²) < 4.78 is 68.1. The molecular weight excluding hydrogens is 1160 g/mol. The third-order valence-electron chi connectivity index (χ3n) is 16.3. The van der Waals surface area contributed by atoms with Crippen LogP contribution in [0.4, 0.5) is 0 Å². The van der Waals surface area contributed by atoms with Gasteiger partial charge in [0.05, 0.1) is 26.4 Å². The monoisotopic (exact) mass is 1300 g/mol. The Balaban J connectivity index is 5.17. The average molecular weight is 1300 g/mol. The molecule has 6 atom stereocenters. The van der Waals surface area contributed by atoms with E-state index < -0.39 is 97.5 Å². The van der Waals surface area contributed by atoms with Gasteiger partial charge < -0.3 is 33.8 Å². The van der Waals surface area contributed by atoms with Gasteiger partial charge >= 0.3 is 39.5 Å². The van der Waals surface area contributed by atoms with Crippen molar-refractivity contribution in [2.45, 2.75) is 368 Å². The fraction of sp³-hybridized carbons (Fsp3) is 0.942. The number of phosphoric acid groups is 2. The summed E-state index contributed by atoms with van der Waals surface area (Å²) in [5, 5.41) is 10.6. The Morgan fingerprint density at radius 3 is 0.864 bits per heavy atom. The molecule has 19 heteroatoms. The van der Waals surface area contributed by atoms with Gasteiger partial charge in [-0.3, -0.25) is 37.3 Å². The number of aliphatic hydroxyl groups excluding tert-OH is 1. The van der Waals surface area contributed by atoms with E-state index in [1.165, 1.54) is 161 Å². The molecule has 3 unspecified atom stereocenters. The van der Waals surface area contributed by atoms with Gasteiger partial charge in [-0.2, -0.15) is 0 Å². The Labute approximate surface area is 537 Å². The molecule has 0 amide bonds. The molecule has 0 aliphatic rings. The molecule has 3 N–H and O–H groups in total. The zero-order valence-electron chi connectivity index (χ0n) is 57.0. The second kappa shape index (κ2) is 61.3. The van der Waals surface area contributed by atoms with Gasteiger partial charge in [-0.15, -0.1) is 0 Å². The number of ether oxygens (including phenoxy) is 4. The Kier molecular flexibility index (Phi) is 59.9. The van der Waals surface area contributed by atoms with E-state index >= 15 is 0 Å². The molecule has 0 rings (SSSR count). The van der Waals surface area contributed by atoms with Crippen molar-refractivity contribution in [3.63, 3.8) is 0 Å². The van der Waals surface area contributed by atoms with E-state index in [1.54, 1.807) is 0 Å². The third-order valence-corrected chi connectivity index (χ3v) is 18.2. The van der Waals surface area contributed by atoms with Crippen LogP contribution >= 0.6 is 15.6 Å². The summed E-state index contributed by atoms with van der Waals surface area (Å²) in [4.78, 5) is 72.3. The van der Waals surface area contributed by atoms with E-state index in [-0.39, 0.29) is 25.7 Å². The summed E-state index contributed by atoms with van der Waals surface area (Å²) in [5.74, 6) is -0.539. The van der Waals surface area contributed by atoms with E-state index in [0.717, 1.165) is 108 Å². The number of carbonyl (C=O) groups is 4. The lowest BCUT2D eigenvalue weighted by Gasteiger charge is -2.21. The summed E-state index contributed by atoms with van der Waals surface area (Å²) in [5.41, 5.74) is 0. The molecule has 0 aromatic heterocycles. The highest BCUT2D eigenvalue weighted by molar-refractivity contribution is 7.47. The van der Waals surface area contributed by atoms with Crippen molar-refractivity contribution in [2.75, 3.05) is 39.6 Å². The topological polar surface area (TPSA) is 237 Å². The second-order valence-electron chi connectivity index (χ2n) is 25.6. The minimum absolute atomic E-state index is 0.107. The van der Waals surface area contributed by atoms with Crippen molar-refractivity contribution in [3.05, 3.63) is 0 Å². The van der Waals surface area contributed by atoms with E-state index in [4.69, 9.17) is 37.0 Å². The van der Waals surface area contributed by atoms with Crippen LogP contribution in [0.25, 0.3) is 0 Å². The summed E-state index contributed by atoms with van der Waals surface area (Å²) in [6.45, 7) is 9.50. The Bertz CT molecular complexity index is 1720. The lowest BCUT2D eigenvalue weighted by Crippen LogP contribution is -2.30. The van der Waals surface area contributed by atoms with Gasteiger partial charge in [0, 0.05) is 25.7 Å². The van der Waals surface area contributed by atoms with Gasteiger partial charge in [0.15, 0.2) is 12.2 Å². The molecule has 0 aliphatic carbocycles. The maximum atomic E-state index is 13.0. The van der Waals surface area contributed by atoms with Crippen molar-refractivity contribution in [3.8, 4) is 0 Å². The molecule has 0 fully saturated rings. The second-order valence-corrected chi connectivity index (χ2v) is 28.5. The van der Waals surface area contributed by atoms with Crippen LogP contribution in [-0.2, 0) is 65.4 Å². The molecule has 0 saturated heterocycles. The summed E-state index contributed by atoms with van der Waals surface area (Å²) in [7, 11) is -9.89. The number of unbranched alkanes of at least 4 members (excludes halogenated alkanes) is 37. The lowest BCUT2D eigenvalue weighted by atomic mass is 9.99. The highest BCUT2D eigenvalue weighted by Crippen LogP contribution is 2.45. The van der Waals surface area contributed by atoms with Crippen LogP contribution in [0.15, 0.2) is 0 Å². The fourth-order valence-corrected chi connectivity index (χ4v) is 12.0. The molecule has 0 aliphatic heterocycles. The van der Waals surface area contributed by atoms with Gasteiger partial charge in [0.1, 0.15) is 19.3 Å². The molecular formula is C69H134O17P2. The number of carbonyl (C=O) groups excluding carboxylic acids is 4. The van der Waals surface area contributed by atoms with Crippen LogP contribution in [0.3, 0.4) is 0 Å². The number of phosphoric ester groups is 2. The highest BCUT2D eigenvalue weighted by atomic mass is 31.2. The Morgan fingerprint density at radius 2 is 0.580 bits per heavy atom. The molecule has 88 heavy (non-hydrogen) atoms. The predicted molar refractivity (Wildman–Crippen MR) is 354 cm³/mol. The van der Waals surface area contributed by atoms with Crippen LogP contribution < -0.4 is 0 Å². The van der Waals surface area contributed by atoms with E-state index in [1.807, 2.05) is 0 Å². The zero-order valence-corrected chi connectivity index (χ0v) is 58.8. The minimum Gasteiger partial charge on any atom is -0.462 e. The molecule has 0 spiro atoms. The van der Waals surface area contributed by atoms with Gasteiger partial charge in [-0.25, -0.2) is 9.13 Å². The van der Waals surface area contributed by atoms with E-state index in [2.05, 4.69) is 41.5 Å². The zero-order chi connectivity index (χ0) is 65.0. The lowest BCUT2D eigenvalue weighted by molar-refractivity contribution is -0.161. The Morgan fingerprint density at radius 1 is 0.330 bits per heavy atom. The van der Waals surface area contributed by atoms with E-state index in [0.29, 0.717) is 25.7 Å². The van der Waals surface area contributed by atoms with Gasteiger partial charge in [0.2, 0.25) is 0 Å². The number of aliphatic hydroxyl groups is 1. The maximum absolute atomic E-state index is 13.0. The normalized spacial score (nSPS) is 14.5. The van der Waals surface area contributed by atoms with E-state index in [9.17, 15) is 43.2 Å². The first-order valence-corrected chi connectivity index (χ1v) is 39.0. The fourth-order valence-electron chi connectivity index (χ4n) is 10.4. The first kappa shape index (κ1) is 86.1. The minimum atomic E-state index is -4.95. The molecule has 0 aromatic carbocycles. The largest absolute Gasteiger partial charge is 0.472 e. The molecule has 17 nitrogen and oxygen atoms in total. The quantitative estimate of drug-likeness (QED) is 0.0222. The first-order chi connectivity index (χ1) is 42.4. The number of rotatable bonds is 68. The molecule has 522 valence electrons. The third kappa shape index (κ3) is 61.6. The van der Waals surface area contributed by atoms with Crippen molar-refractivity contribution in [1.29, 1.82) is 0 Å². The maximum Gasteiger partial charge on any atom is 0.472 e.